The summed E-state index contributed by atoms with van der Waals surface area (Å²) in [6, 6.07) is 4.28. The van der Waals surface area contributed by atoms with Crippen LogP contribution in [-0.4, -0.2) is 47.7 Å². The second kappa shape index (κ2) is 5.63. The molecule has 112 valence electrons. The Bertz CT molecular complexity index is 571. The van der Waals surface area contributed by atoms with Gasteiger partial charge in [-0.15, -0.1) is 0 Å². The highest BCUT2D eigenvalue weighted by atomic mass is 16.5. The largest absolute Gasteiger partial charge is 0.490 e. The number of rotatable bonds is 2. The lowest BCUT2D eigenvalue weighted by atomic mass is 10.1. The fraction of sp³-hybridized carbons (Fsp3) is 0.467. The van der Waals surface area contributed by atoms with Gasteiger partial charge in [0.15, 0.2) is 11.5 Å². The van der Waals surface area contributed by atoms with Gasteiger partial charge in [-0.05, 0) is 31.0 Å². The number of carbonyl (C=O) groups excluding carboxylic acids is 1. The van der Waals surface area contributed by atoms with Gasteiger partial charge in [-0.25, -0.2) is 4.79 Å². The number of carboxylic acids is 1. The summed E-state index contributed by atoms with van der Waals surface area (Å²) in [5, 5.41) is 9.17. The van der Waals surface area contributed by atoms with Crippen molar-refractivity contribution in [2.45, 2.75) is 25.3 Å². The van der Waals surface area contributed by atoms with Gasteiger partial charge in [0, 0.05) is 18.5 Å². The molecule has 0 unspecified atom stereocenters. The van der Waals surface area contributed by atoms with Crippen LogP contribution < -0.4 is 9.47 Å². The Morgan fingerprint density at radius 1 is 1.14 bits per heavy atom. The van der Waals surface area contributed by atoms with Crippen molar-refractivity contribution in [2.75, 3.05) is 19.8 Å². The van der Waals surface area contributed by atoms with Crippen LogP contribution in [0.4, 0.5) is 0 Å². The molecule has 0 spiro atoms. The molecule has 1 amide bonds. The summed E-state index contributed by atoms with van der Waals surface area (Å²) in [7, 11) is 0. The number of nitrogens with zero attached hydrogens (tertiary/aromatic N) is 1. The predicted octanol–water partition coefficient (Wildman–Crippen LogP) is 1.54. The topological polar surface area (TPSA) is 76.1 Å². The zero-order valence-corrected chi connectivity index (χ0v) is 11.6. The molecule has 6 nitrogen and oxygen atoms in total. The van der Waals surface area contributed by atoms with Crippen molar-refractivity contribution in [3.63, 3.8) is 0 Å². The summed E-state index contributed by atoms with van der Waals surface area (Å²) >= 11 is 0. The highest BCUT2D eigenvalue weighted by Crippen LogP contribution is 2.31. The van der Waals surface area contributed by atoms with E-state index >= 15 is 0 Å². The third-order valence-electron chi connectivity index (χ3n) is 3.79. The van der Waals surface area contributed by atoms with Gasteiger partial charge in [-0.2, -0.15) is 0 Å². The molecule has 2 aliphatic heterocycles. The van der Waals surface area contributed by atoms with E-state index in [1.54, 1.807) is 18.2 Å². The van der Waals surface area contributed by atoms with Gasteiger partial charge in [0.25, 0.3) is 5.91 Å². The van der Waals surface area contributed by atoms with Gasteiger partial charge in [0.2, 0.25) is 0 Å². The van der Waals surface area contributed by atoms with Gasteiger partial charge < -0.3 is 19.5 Å². The van der Waals surface area contributed by atoms with E-state index in [0.29, 0.717) is 49.7 Å². The summed E-state index contributed by atoms with van der Waals surface area (Å²) in [5.41, 5.74) is 0.437. The maximum atomic E-state index is 12.5. The van der Waals surface area contributed by atoms with Gasteiger partial charge in [-0.1, -0.05) is 0 Å². The summed E-state index contributed by atoms with van der Waals surface area (Å²) in [6.45, 7) is 1.61. The number of aliphatic carboxylic acids is 1. The number of fused-ring (bicyclic) bond motifs is 1. The molecule has 1 aromatic carbocycles. The highest BCUT2D eigenvalue weighted by molar-refractivity contribution is 5.97. The Hall–Kier alpha value is -2.24. The van der Waals surface area contributed by atoms with Crippen LogP contribution in [0.5, 0.6) is 11.5 Å². The highest BCUT2D eigenvalue weighted by Gasteiger charge is 2.34. The van der Waals surface area contributed by atoms with Gasteiger partial charge in [0.05, 0.1) is 13.2 Å². The number of ether oxygens (including phenoxy) is 2. The molecular weight excluding hydrogens is 274 g/mol. The zero-order chi connectivity index (χ0) is 14.8. The number of benzene rings is 1. The van der Waals surface area contributed by atoms with Gasteiger partial charge in [-0.3, -0.25) is 4.79 Å². The predicted molar refractivity (Wildman–Crippen MR) is 73.7 cm³/mol. The minimum absolute atomic E-state index is 0.268. The first-order valence-electron chi connectivity index (χ1n) is 7.10. The minimum atomic E-state index is -0.949. The van der Waals surface area contributed by atoms with Crippen molar-refractivity contribution in [2.24, 2.45) is 0 Å². The average Bonchev–Trinajstić information content (AvgIpc) is 2.85. The molecule has 0 bridgehead atoms. The minimum Gasteiger partial charge on any atom is -0.490 e. The fourth-order valence-electron chi connectivity index (χ4n) is 2.73. The molecule has 1 aromatic rings. The lowest BCUT2D eigenvalue weighted by Gasteiger charge is -2.21. The molecule has 2 heterocycles. The Morgan fingerprint density at radius 3 is 2.67 bits per heavy atom. The molecule has 21 heavy (non-hydrogen) atoms. The van der Waals surface area contributed by atoms with Crippen molar-refractivity contribution in [3.05, 3.63) is 23.8 Å². The maximum Gasteiger partial charge on any atom is 0.326 e. The average molecular weight is 291 g/mol. The van der Waals surface area contributed by atoms with E-state index in [-0.39, 0.29) is 5.91 Å². The quantitative estimate of drug-likeness (QED) is 0.894. The van der Waals surface area contributed by atoms with Crippen LogP contribution in [0.15, 0.2) is 18.2 Å². The molecular formula is C15H17NO5. The Labute approximate surface area is 122 Å². The Balaban J connectivity index is 1.85. The molecule has 2 aliphatic rings. The van der Waals surface area contributed by atoms with E-state index in [0.717, 1.165) is 6.42 Å². The second-order valence-corrected chi connectivity index (χ2v) is 5.21. The van der Waals surface area contributed by atoms with Crippen LogP contribution in [0.1, 0.15) is 29.6 Å². The molecule has 0 aliphatic carbocycles. The van der Waals surface area contributed by atoms with Crippen LogP contribution in [-0.2, 0) is 4.79 Å². The van der Waals surface area contributed by atoms with E-state index < -0.39 is 12.0 Å². The van der Waals surface area contributed by atoms with Crippen molar-refractivity contribution in [3.8, 4) is 11.5 Å². The third kappa shape index (κ3) is 2.66. The molecule has 0 radical (unpaired) electrons. The van der Waals surface area contributed by atoms with Gasteiger partial charge in [0.1, 0.15) is 6.04 Å². The van der Waals surface area contributed by atoms with E-state index in [9.17, 15) is 14.7 Å². The summed E-state index contributed by atoms with van der Waals surface area (Å²) in [5.74, 6) is -0.0459. The van der Waals surface area contributed by atoms with E-state index in [1.807, 2.05) is 0 Å². The van der Waals surface area contributed by atoms with Crippen molar-refractivity contribution in [1.82, 2.24) is 4.90 Å². The summed E-state index contributed by atoms with van der Waals surface area (Å²) in [6.07, 6.45) is 2.02. The van der Waals surface area contributed by atoms with E-state index in [2.05, 4.69) is 0 Å². The molecule has 0 aromatic heterocycles. The number of hydrogen-bond acceptors (Lipinski definition) is 4. The number of amides is 1. The van der Waals surface area contributed by atoms with Crippen LogP contribution in [0.2, 0.25) is 0 Å². The first-order chi connectivity index (χ1) is 10.2. The maximum absolute atomic E-state index is 12.5. The van der Waals surface area contributed by atoms with Crippen molar-refractivity contribution < 1.29 is 24.2 Å². The van der Waals surface area contributed by atoms with Crippen LogP contribution in [0, 0.1) is 0 Å². The van der Waals surface area contributed by atoms with Gasteiger partial charge >= 0.3 is 5.97 Å². The number of carbonyl (C=O) groups is 2. The third-order valence-corrected chi connectivity index (χ3v) is 3.79. The molecule has 6 heteroatoms. The molecule has 1 fully saturated rings. The smallest absolute Gasteiger partial charge is 0.326 e. The van der Waals surface area contributed by atoms with Crippen LogP contribution >= 0.6 is 0 Å². The first-order valence-corrected chi connectivity index (χ1v) is 7.10. The molecule has 1 atom stereocenters. The molecule has 1 N–H and O–H groups in total. The Morgan fingerprint density at radius 2 is 1.90 bits per heavy atom. The number of hydrogen-bond donors (Lipinski definition) is 1. The SMILES string of the molecule is O=C(O)[C@@H]1CCCN1C(=O)c1ccc2c(c1)OCCCO2. The lowest BCUT2D eigenvalue weighted by Crippen LogP contribution is -2.40. The van der Waals surface area contributed by atoms with E-state index in [1.165, 1.54) is 4.90 Å². The van der Waals surface area contributed by atoms with Crippen molar-refractivity contribution >= 4 is 11.9 Å². The molecule has 0 saturated carbocycles. The zero-order valence-electron chi connectivity index (χ0n) is 11.6. The number of carboxylic acid groups (broad SMARTS) is 1. The van der Waals surface area contributed by atoms with Crippen LogP contribution in [0.25, 0.3) is 0 Å². The van der Waals surface area contributed by atoms with E-state index in [4.69, 9.17) is 9.47 Å². The monoisotopic (exact) mass is 291 g/mol. The standard InChI is InChI=1S/C15H17NO5/c17-14(16-6-1-3-11(16)15(18)19)10-4-5-12-13(9-10)21-8-2-7-20-12/h4-5,9,11H,1-3,6-8H2,(H,18,19)/t11-/m0/s1. The summed E-state index contributed by atoms with van der Waals surface area (Å²) in [4.78, 5) is 25.1. The molecule has 3 rings (SSSR count). The Kier molecular flexibility index (Phi) is 3.68. The lowest BCUT2D eigenvalue weighted by molar-refractivity contribution is -0.141. The van der Waals surface area contributed by atoms with Crippen molar-refractivity contribution in [1.29, 1.82) is 0 Å². The first kappa shape index (κ1) is 13.7. The normalized spacial score (nSPS) is 21.0. The fourth-order valence-corrected chi connectivity index (χ4v) is 2.73. The number of likely N-dealkylation sites (tertiary alicyclic amines) is 1. The second-order valence-electron chi connectivity index (χ2n) is 5.21. The molecule has 1 saturated heterocycles. The summed E-state index contributed by atoms with van der Waals surface area (Å²) < 4.78 is 11.1. The van der Waals surface area contributed by atoms with Crippen LogP contribution in [0.3, 0.4) is 0 Å².